The summed E-state index contributed by atoms with van der Waals surface area (Å²) in [5, 5.41) is 4.87. The van der Waals surface area contributed by atoms with E-state index >= 15 is 0 Å². The molecule has 48 heavy (non-hydrogen) atoms. The summed E-state index contributed by atoms with van der Waals surface area (Å²) in [6.07, 6.45) is 3.43. The van der Waals surface area contributed by atoms with Crippen LogP contribution in [0.1, 0.15) is 26.3 Å². The fourth-order valence-electron chi connectivity index (χ4n) is 7.08. The van der Waals surface area contributed by atoms with E-state index in [1.54, 1.807) is 12.4 Å². The second-order valence-corrected chi connectivity index (χ2v) is 13.0. The van der Waals surface area contributed by atoms with Crippen molar-refractivity contribution in [1.82, 2.24) is 28.7 Å². The molecule has 0 saturated carbocycles. The summed E-state index contributed by atoms with van der Waals surface area (Å²) < 4.78 is 10.9. The zero-order chi connectivity index (χ0) is 31.4. The smallest absolute Gasteiger partial charge is 0.497 e. The van der Waals surface area contributed by atoms with Crippen LogP contribution in [0, 0.1) is 12.1 Å². The Morgan fingerprint density at radius 3 is 1.90 bits per heavy atom. The van der Waals surface area contributed by atoms with Gasteiger partial charge in [0.25, 0.3) is 0 Å². The van der Waals surface area contributed by atoms with Gasteiger partial charge in [0, 0.05) is 29.4 Å². The number of pyridine rings is 2. The third kappa shape index (κ3) is 4.03. The summed E-state index contributed by atoms with van der Waals surface area (Å²) in [4.78, 5) is 19.5. The van der Waals surface area contributed by atoms with Crippen LogP contribution in [0.5, 0.6) is 11.5 Å². The maximum Gasteiger partial charge on any atom is 2.00 e. The van der Waals surface area contributed by atoms with Gasteiger partial charge in [0.15, 0.2) is 0 Å². The summed E-state index contributed by atoms with van der Waals surface area (Å²) in [5.41, 5.74) is 9.40. The van der Waals surface area contributed by atoms with Gasteiger partial charge in [0.05, 0.1) is 38.9 Å². The van der Waals surface area contributed by atoms with E-state index < -0.39 is 0 Å². The van der Waals surface area contributed by atoms with Crippen LogP contribution in [0.4, 0.5) is 0 Å². The molecule has 0 atom stereocenters. The molecule has 5 heterocycles. The van der Waals surface area contributed by atoms with E-state index in [1.807, 2.05) is 48.5 Å². The quantitative estimate of drug-likeness (QED) is 0.102. The van der Waals surface area contributed by atoms with Crippen LogP contribution < -0.4 is 4.74 Å². The van der Waals surface area contributed by atoms with Gasteiger partial charge in [-0.05, 0) is 40.6 Å². The summed E-state index contributed by atoms with van der Waals surface area (Å²) in [7, 11) is 0. The molecule has 5 aromatic carbocycles. The third-order valence-corrected chi connectivity index (χ3v) is 9.13. The average molecular weight is 713 g/mol. The number of nitrogens with zero attached hydrogens (tertiary/aromatic N) is 6. The molecule has 10 aromatic rings. The largest absolute Gasteiger partial charge is 2.00 e. The fraction of sp³-hybridized carbons (Fsp3) is 0.100. The molecule has 0 N–H and O–H groups in total. The number of rotatable bonds is 2. The minimum atomic E-state index is -0.0623. The van der Waals surface area contributed by atoms with E-state index in [4.69, 9.17) is 19.7 Å². The van der Waals surface area contributed by atoms with E-state index in [1.165, 1.54) is 11.1 Å². The molecule has 0 spiro atoms. The van der Waals surface area contributed by atoms with Crippen molar-refractivity contribution in [1.29, 1.82) is 0 Å². The number of hydrogen-bond acceptors (Lipinski definition) is 5. The Bertz CT molecular complexity index is 2940. The van der Waals surface area contributed by atoms with Crippen molar-refractivity contribution >= 4 is 77.0 Å². The van der Waals surface area contributed by atoms with Crippen molar-refractivity contribution in [2.75, 3.05) is 0 Å². The molecule has 0 unspecified atom stereocenters. The third-order valence-electron chi connectivity index (χ3n) is 9.13. The van der Waals surface area contributed by atoms with Crippen LogP contribution in [0.15, 0.2) is 103 Å². The minimum Gasteiger partial charge on any atom is -0.497 e. The molecule has 0 aliphatic carbocycles. The Morgan fingerprint density at radius 1 is 0.583 bits per heavy atom. The number of ether oxygens (including phenoxy) is 1. The number of para-hydroxylation sites is 5. The molecule has 0 amide bonds. The minimum absolute atomic E-state index is 0. The van der Waals surface area contributed by atoms with Gasteiger partial charge in [-0.3, -0.25) is 15.0 Å². The molecule has 0 fully saturated rings. The predicted molar refractivity (Wildman–Crippen MR) is 187 cm³/mol. The van der Waals surface area contributed by atoms with Gasteiger partial charge >= 0.3 is 20.4 Å². The summed E-state index contributed by atoms with van der Waals surface area (Å²) in [5.74, 6) is 1.14. The number of hydrogen-bond donors (Lipinski definition) is 0. The average Bonchev–Trinajstić information content (AvgIpc) is 3.68. The van der Waals surface area contributed by atoms with E-state index in [0.717, 1.165) is 71.5 Å². The molecule has 7 nitrogen and oxygen atoms in total. The number of aromatic nitrogens is 6. The Morgan fingerprint density at radius 2 is 1.19 bits per heavy atom. The second-order valence-electron chi connectivity index (χ2n) is 13.0. The normalized spacial score (nSPS) is 12.3. The van der Waals surface area contributed by atoms with Crippen molar-refractivity contribution in [3.63, 3.8) is 0 Å². The van der Waals surface area contributed by atoms with E-state index in [-0.39, 0.29) is 25.8 Å². The Hall–Kier alpha value is -5.42. The van der Waals surface area contributed by atoms with E-state index in [2.05, 4.69) is 89.2 Å². The van der Waals surface area contributed by atoms with E-state index in [0.29, 0.717) is 11.5 Å². The summed E-state index contributed by atoms with van der Waals surface area (Å²) >= 11 is 0. The van der Waals surface area contributed by atoms with Gasteiger partial charge in [-0.15, -0.1) is 12.1 Å². The molecule has 232 valence electrons. The van der Waals surface area contributed by atoms with Gasteiger partial charge in [0.1, 0.15) is 5.65 Å². The predicted octanol–water partition coefficient (Wildman–Crippen LogP) is 9.38. The second kappa shape index (κ2) is 10.3. The van der Waals surface area contributed by atoms with E-state index in [9.17, 15) is 0 Å². The van der Waals surface area contributed by atoms with Crippen molar-refractivity contribution in [3.8, 4) is 11.5 Å². The Kier molecular flexibility index (Phi) is 6.17. The van der Waals surface area contributed by atoms with Crippen molar-refractivity contribution < 1.29 is 25.2 Å². The zero-order valence-corrected chi connectivity index (χ0v) is 27.8. The first-order valence-electron chi connectivity index (χ1n) is 15.7. The van der Waals surface area contributed by atoms with Gasteiger partial charge in [-0.25, -0.2) is 4.98 Å². The molecule has 0 aliphatic heterocycles. The molecule has 8 heteroatoms. The molecule has 0 aliphatic rings. The van der Waals surface area contributed by atoms with Gasteiger partial charge < -0.3 is 13.5 Å². The maximum atomic E-state index is 6.52. The first kappa shape index (κ1) is 28.8. The van der Waals surface area contributed by atoms with Crippen LogP contribution in [0.3, 0.4) is 0 Å². The van der Waals surface area contributed by atoms with Crippen LogP contribution in [0.25, 0.3) is 77.0 Å². The standard InChI is InChI=1S/C40H26N6O.Pd/c1-40(2,3)30-10-8-9-27-25-17-15-23(21-28(25)37-43-31-11-4-6-13-33(31)45(37)36(27)30)47-24-16-18-26-29(22-24)38-44-32-12-5-7-14-34(32)46(38)39-35(26)41-19-20-42-39;/h4-20H,1-3H3;/q-2;+2. The molecule has 0 bridgehead atoms. The maximum absolute atomic E-state index is 6.52. The Balaban J connectivity index is 0.00000314. The molecular formula is C40H26N6OPd. The molecule has 0 radical (unpaired) electrons. The number of benzene rings is 5. The van der Waals surface area contributed by atoms with Crippen molar-refractivity contribution in [2.45, 2.75) is 26.2 Å². The van der Waals surface area contributed by atoms with Crippen molar-refractivity contribution in [2.24, 2.45) is 0 Å². The Labute approximate surface area is 288 Å². The first-order chi connectivity index (χ1) is 22.9. The molecule has 5 aromatic heterocycles. The zero-order valence-electron chi connectivity index (χ0n) is 26.2. The molecular weight excluding hydrogens is 687 g/mol. The van der Waals surface area contributed by atoms with Gasteiger partial charge in [-0.1, -0.05) is 109 Å². The van der Waals surface area contributed by atoms with Gasteiger partial charge in [-0.2, -0.15) is 0 Å². The molecule has 0 saturated heterocycles. The monoisotopic (exact) mass is 712 g/mol. The number of fused-ring (bicyclic) bond motifs is 16. The van der Waals surface area contributed by atoms with Crippen LogP contribution >= 0.6 is 0 Å². The van der Waals surface area contributed by atoms with Crippen LogP contribution in [-0.4, -0.2) is 28.7 Å². The summed E-state index contributed by atoms with van der Waals surface area (Å²) in [6, 6.07) is 38.1. The first-order valence-corrected chi connectivity index (χ1v) is 15.7. The topological polar surface area (TPSA) is 69.6 Å². The van der Waals surface area contributed by atoms with Crippen LogP contribution in [0.2, 0.25) is 0 Å². The van der Waals surface area contributed by atoms with Gasteiger partial charge in [0.2, 0.25) is 0 Å². The van der Waals surface area contributed by atoms with Crippen LogP contribution in [-0.2, 0) is 25.8 Å². The SMILES string of the molecule is CC(C)(C)c1cccc2c3ccc(Oc4[c-]c5c(cc4)c4nccnc4n4c6ccccc6nc54)[c-]c3c3nc4ccccc4n3c12.[Pd+2]. The van der Waals surface area contributed by atoms with Crippen molar-refractivity contribution in [3.05, 3.63) is 121 Å². The molecule has 10 rings (SSSR count). The summed E-state index contributed by atoms with van der Waals surface area (Å²) in [6.45, 7) is 6.78. The number of imidazole rings is 2. The fourth-order valence-corrected chi connectivity index (χ4v) is 7.08.